The number of amides is 1. The second-order valence-electron chi connectivity index (χ2n) is 5.85. The molecule has 120 valence electrons. The van der Waals surface area contributed by atoms with Crippen molar-refractivity contribution in [2.24, 2.45) is 0 Å². The van der Waals surface area contributed by atoms with Crippen molar-refractivity contribution in [2.75, 3.05) is 31.9 Å². The molecule has 0 saturated carbocycles. The minimum Gasteiger partial charge on any atom is -0.382 e. The summed E-state index contributed by atoms with van der Waals surface area (Å²) in [6.45, 7) is 6.07. The molecular formula is C17H21N5O. The molecule has 6 heteroatoms. The van der Waals surface area contributed by atoms with Crippen LogP contribution in [0.3, 0.4) is 0 Å². The molecule has 3 rings (SSSR count). The van der Waals surface area contributed by atoms with E-state index in [0.717, 1.165) is 19.6 Å². The van der Waals surface area contributed by atoms with Crippen molar-refractivity contribution in [3.05, 3.63) is 53.5 Å². The van der Waals surface area contributed by atoms with Gasteiger partial charge in [0, 0.05) is 45.1 Å². The molecule has 1 saturated heterocycles. The number of aryl methyl sites for hydroxylation is 1. The fourth-order valence-electron chi connectivity index (χ4n) is 2.84. The summed E-state index contributed by atoms with van der Waals surface area (Å²) in [4.78, 5) is 24.6. The van der Waals surface area contributed by atoms with E-state index in [9.17, 15) is 4.79 Å². The van der Waals surface area contributed by atoms with Gasteiger partial charge in [-0.2, -0.15) is 0 Å². The van der Waals surface area contributed by atoms with Gasteiger partial charge in [-0.1, -0.05) is 29.8 Å². The monoisotopic (exact) mass is 311 g/mol. The summed E-state index contributed by atoms with van der Waals surface area (Å²) in [5.41, 5.74) is 8.57. The summed E-state index contributed by atoms with van der Waals surface area (Å²) in [5.74, 6) is 0.0606. The van der Waals surface area contributed by atoms with Crippen molar-refractivity contribution in [1.29, 1.82) is 0 Å². The van der Waals surface area contributed by atoms with Gasteiger partial charge in [-0.25, -0.2) is 9.97 Å². The average molecular weight is 311 g/mol. The first-order chi connectivity index (χ1) is 11.1. The maximum Gasteiger partial charge on any atom is 0.276 e. The molecule has 1 aliphatic heterocycles. The van der Waals surface area contributed by atoms with Crippen LogP contribution >= 0.6 is 0 Å². The standard InChI is InChI=1S/C17H21N5O/c1-13-3-2-4-14(11-13)12-21-7-9-22(10-8-21)17(23)15-16(18)20-6-5-19-15/h2-6,11H,7-10,12H2,1H3,(H2,18,20). The molecule has 2 aromatic rings. The fraction of sp³-hybridized carbons (Fsp3) is 0.353. The predicted octanol–water partition coefficient (Wildman–Crippen LogP) is 1.33. The van der Waals surface area contributed by atoms with Crippen molar-refractivity contribution in [3.63, 3.8) is 0 Å². The highest BCUT2D eigenvalue weighted by Gasteiger charge is 2.24. The minimum atomic E-state index is -0.134. The first-order valence-electron chi connectivity index (χ1n) is 7.77. The van der Waals surface area contributed by atoms with Crippen LogP contribution in [-0.2, 0) is 6.54 Å². The molecule has 2 N–H and O–H groups in total. The fourth-order valence-corrected chi connectivity index (χ4v) is 2.84. The molecule has 1 aromatic carbocycles. The van der Waals surface area contributed by atoms with E-state index < -0.39 is 0 Å². The topological polar surface area (TPSA) is 75.3 Å². The van der Waals surface area contributed by atoms with Crippen molar-refractivity contribution in [2.45, 2.75) is 13.5 Å². The molecule has 1 amide bonds. The van der Waals surface area contributed by atoms with E-state index in [1.165, 1.54) is 23.5 Å². The Morgan fingerprint density at radius 2 is 1.91 bits per heavy atom. The first kappa shape index (κ1) is 15.4. The van der Waals surface area contributed by atoms with Gasteiger partial charge in [0.05, 0.1) is 0 Å². The van der Waals surface area contributed by atoms with Crippen LogP contribution in [0.4, 0.5) is 5.82 Å². The Bertz CT molecular complexity index is 695. The lowest BCUT2D eigenvalue weighted by molar-refractivity contribution is 0.0623. The third-order valence-corrected chi connectivity index (χ3v) is 4.08. The number of piperazine rings is 1. The van der Waals surface area contributed by atoms with Gasteiger partial charge in [-0.3, -0.25) is 9.69 Å². The summed E-state index contributed by atoms with van der Waals surface area (Å²) in [6, 6.07) is 8.54. The maximum atomic E-state index is 12.5. The number of nitrogen functional groups attached to an aromatic ring is 1. The molecule has 2 heterocycles. The number of carbonyl (C=O) groups excluding carboxylic acids is 1. The van der Waals surface area contributed by atoms with Crippen molar-refractivity contribution in [3.8, 4) is 0 Å². The molecule has 0 spiro atoms. The van der Waals surface area contributed by atoms with E-state index in [1.807, 2.05) is 0 Å². The Balaban J connectivity index is 1.58. The number of aromatic nitrogens is 2. The van der Waals surface area contributed by atoms with Gasteiger partial charge in [0.15, 0.2) is 11.5 Å². The van der Waals surface area contributed by atoms with Crippen molar-refractivity contribution < 1.29 is 4.79 Å². The van der Waals surface area contributed by atoms with Gasteiger partial charge < -0.3 is 10.6 Å². The number of benzene rings is 1. The van der Waals surface area contributed by atoms with E-state index >= 15 is 0 Å². The van der Waals surface area contributed by atoms with Crippen LogP contribution in [0.2, 0.25) is 0 Å². The minimum absolute atomic E-state index is 0.134. The van der Waals surface area contributed by atoms with Crippen LogP contribution in [0.5, 0.6) is 0 Å². The average Bonchev–Trinajstić information content (AvgIpc) is 2.55. The molecule has 0 radical (unpaired) electrons. The Morgan fingerprint density at radius 3 is 2.61 bits per heavy atom. The lowest BCUT2D eigenvalue weighted by Crippen LogP contribution is -2.48. The number of carbonyl (C=O) groups is 1. The molecule has 1 aliphatic rings. The molecule has 0 bridgehead atoms. The van der Waals surface area contributed by atoms with Crippen LogP contribution in [0.15, 0.2) is 36.7 Å². The molecule has 6 nitrogen and oxygen atoms in total. The number of hydrogen-bond donors (Lipinski definition) is 1. The van der Waals surface area contributed by atoms with Gasteiger partial charge in [0.2, 0.25) is 0 Å². The highest BCUT2D eigenvalue weighted by molar-refractivity contribution is 5.96. The molecular weight excluding hydrogens is 290 g/mol. The van der Waals surface area contributed by atoms with Gasteiger partial charge >= 0.3 is 0 Å². The third kappa shape index (κ3) is 3.65. The highest BCUT2D eigenvalue weighted by atomic mass is 16.2. The smallest absolute Gasteiger partial charge is 0.276 e. The second-order valence-corrected chi connectivity index (χ2v) is 5.85. The molecule has 23 heavy (non-hydrogen) atoms. The third-order valence-electron chi connectivity index (χ3n) is 4.08. The Hall–Kier alpha value is -2.47. The Kier molecular flexibility index (Phi) is 4.52. The highest BCUT2D eigenvalue weighted by Crippen LogP contribution is 2.13. The van der Waals surface area contributed by atoms with Gasteiger partial charge in [-0.05, 0) is 12.5 Å². The number of hydrogen-bond acceptors (Lipinski definition) is 5. The Labute approximate surface area is 135 Å². The summed E-state index contributed by atoms with van der Waals surface area (Å²) in [7, 11) is 0. The number of nitrogens with zero attached hydrogens (tertiary/aromatic N) is 4. The van der Waals surface area contributed by atoms with Crippen LogP contribution in [0, 0.1) is 6.92 Å². The molecule has 1 aromatic heterocycles. The molecule has 0 aliphatic carbocycles. The van der Waals surface area contributed by atoms with E-state index in [1.54, 1.807) is 4.90 Å². The van der Waals surface area contributed by atoms with E-state index in [2.05, 4.69) is 46.1 Å². The van der Waals surface area contributed by atoms with E-state index in [4.69, 9.17) is 5.73 Å². The quantitative estimate of drug-likeness (QED) is 0.925. The van der Waals surface area contributed by atoms with Crippen LogP contribution in [0.25, 0.3) is 0 Å². The predicted molar refractivity (Wildman–Crippen MR) is 88.8 cm³/mol. The summed E-state index contributed by atoms with van der Waals surface area (Å²) >= 11 is 0. The number of nitrogens with two attached hydrogens (primary N) is 1. The number of anilines is 1. The molecule has 1 fully saturated rings. The summed E-state index contributed by atoms with van der Waals surface area (Å²) < 4.78 is 0. The van der Waals surface area contributed by atoms with Crippen LogP contribution in [0.1, 0.15) is 21.6 Å². The molecule has 0 atom stereocenters. The lowest BCUT2D eigenvalue weighted by Gasteiger charge is -2.34. The van der Waals surface area contributed by atoms with E-state index in [-0.39, 0.29) is 17.4 Å². The second kappa shape index (κ2) is 6.75. The maximum absolute atomic E-state index is 12.5. The SMILES string of the molecule is Cc1cccc(CN2CCN(C(=O)c3nccnc3N)CC2)c1. The Morgan fingerprint density at radius 1 is 1.17 bits per heavy atom. The zero-order chi connectivity index (χ0) is 16.2. The van der Waals surface area contributed by atoms with Gasteiger partial charge in [-0.15, -0.1) is 0 Å². The first-order valence-corrected chi connectivity index (χ1v) is 7.77. The zero-order valence-corrected chi connectivity index (χ0v) is 13.3. The van der Waals surface area contributed by atoms with Crippen molar-refractivity contribution >= 4 is 11.7 Å². The largest absolute Gasteiger partial charge is 0.382 e. The van der Waals surface area contributed by atoms with Gasteiger partial charge in [0.1, 0.15) is 0 Å². The lowest BCUT2D eigenvalue weighted by atomic mass is 10.1. The van der Waals surface area contributed by atoms with Crippen molar-refractivity contribution in [1.82, 2.24) is 19.8 Å². The van der Waals surface area contributed by atoms with Gasteiger partial charge in [0.25, 0.3) is 5.91 Å². The zero-order valence-electron chi connectivity index (χ0n) is 13.3. The normalized spacial score (nSPS) is 15.6. The number of rotatable bonds is 3. The van der Waals surface area contributed by atoms with E-state index in [0.29, 0.717) is 13.1 Å². The van der Waals surface area contributed by atoms with Crippen LogP contribution < -0.4 is 5.73 Å². The molecule has 0 unspecified atom stereocenters. The summed E-state index contributed by atoms with van der Waals surface area (Å²) in [6.07, 6.45) is 2.99. The summed E-state index contributed by atoms with van der Waals surface area (Å²) in [5, 5.41) is 0. The van der Waals surface area contributed by atoms with Crippen LogP contribution in [-0.4, -0.2) is 51.9 Å².